The summed E-state index contributed by atoms with van der Waals surface area (Å²) in [5.41, 5.74) is 1.00. The van der Waals surface area contributed by atoms with E-state index in [1.165, 1.54) is 11.3 Å². The molecule has 6 heteroatoms. The molecule has 0 fully saturated rings. The number of Topliss-reactive ketones (excluding diaryl/α,β-unsaturated/α-hetero) is 1. The fraction of sp³-hybridized carbons (Fsp3) is 0.533. The van der Waals surface area contributed by atoms with Gasteiger partial charge in [-0.3, -0.25) is 14.2 Å². The molecule has 3 heterocycles. The van der Waals surface area contributed by atoms with Crippen molar-refractivity contribution in [1.29, 1.82) is 0 Å². The zero-order chi connectivity index (χ0) is 14.6. The summed E-state index contributed by atoms with van der Waals surface area (Å²) in [5, 5.41) is 0.702. The van der Waals surface area contributed by atoms with Crippen molar-refractivity contribution in [1.82, 2.24) is 9.55 Å². The van der Waals surface area contributed by atoms with Crippen LogP contribution in [-0.4, -0.2) is 20.2 Å². The molecule has 0 saturated heterocycles. The molecular weight excluding hydrogens is 352 g/mol. The maximum absolute atomic E-state index is 12.9. The largest absolute Gasteiger partial charge is 0.296 e. The summed E-state index contributed by atoms with van der Waals surface area (Å²) in [6.45, 7) is 0.761. The number of alkyl halides is 1. The third kappa shape index (κ3) is 2.03. The Bertz CT molecular complexity index is 808. The second kappa shape index (κ2) is 5.02. The molecule has 0 bridgehead atoms. The van der Waals surface area contributed by atoms with Gasteiger partial charge in [0.15, 0.2) is 5.78 Å². The Hall–Kier alpha value is -1.01. The lowest BCUT2D eigenvalue weighted by molar-refractivity contribution is 0.0986. The number of fused-ring (bicyclic) bond motifs is 4. The van der Waals surface area contributed by atoms with E-state index in [2.05, 4.69) is 15.9 Å². The van der Waals surface area contributed by atoms with Crippen LogP contribution >= 0.6 is 27.3 Å². The first-order valence-electron chi connectivity index (χ1n) is 7.40. The summed E-state index contributed by atoms with van der Waals surface area (Å²) in [5.74, 6) is 1.00. The third-order valence-electron chi connectivity index (χ3n) is 4.43. The van der Waals surface area contributed by atoms with Crippen molar-refractivity contribution in [3.05, 3.63) is 26.6 Å². The van der Waals surface area contributed by atoms with Crippen LogP contribution in [0.1, 0.15) is 46.7 Å². The zero-order valence-electron chi connectivity index (χ0n) is 11.5. The number of rotatable bonds is 0. The number of carbonyl (C=O) groups excluding carboxylic acids is 1. The fourth-order valence-electron chi connectivity index (χ4n) is 3.31. The molecule has 21 heavy (non-hydrogen) atoms. The molecule has 0 saturated carbocycles. The first kappa shape index (κ1) is 13.6. The first-order chi connectivity index (χ1) is 10.2. The first-order valence-corrected chi connectivity index (χ1v) is 9.13. The highest BCUT2D eigenvalue weighted by Gasteiger charge is 2.31. The van der Waals surface area contributed by atoms with E-state index in [0.29, 0.717) is 5.39 Å². The smallest absolute Gasteiger partial charge is 0.262 e. The summed E-state index contributed by atoms with van der Waals surface area (Å²) in [4.78, 5) is 31.3. The van der Waals surface area contributed by atoms with Crippen molar-refractivity contribution in [2.45, 2.75) is 49.9 Å². The van der Waals surface area contributed by atoms with Gasteiger partial charge in [-0.15, -0.1) is 11.3 Å². The Morgan fingerprint density at radius 2 is 2.05 bits per heavy atom. The maximum atomic E-state index is 12.9. The van der Waals surface area contributed by atoms with Crippen LogP contribution in [0.4, 0.5) is 0 Å². The predicted octanol–water partition coefficient (Wildman–Crippen LogP) is 3.08. The van der Waals surface area contributed by atoms with Crippen molar-refractivity contribution in [2.75, 3.05) is 0 Å². The number of aryl methyl sites for hydroxylation is 2. The molecule has 2 aliphatic rings. The van der Waals surface area contributed by atoms with Gasteiger partial charge in [-0.25, -0.2) is 4.98 Å². The molecule has 110 valence electrons. The minimum Gasteiger partial charge on any atom is -0.296 e. The summed E-state index contributed by atoms with van der Waals surface area (Å²) in [7, 11) is 0. The van der Waals surface area contributed by atoms with Gasteiger partial charge in [-0.2, -0.15) is 0 Å². The normalized spacial score (nSPS) is 22.0. The Labute approximate surface area is 134 Å². The number of thiophene rings is 1. The number of hydrogen-bond acceptors (Lipinski definition) is 4. The lowest BCUT2D eigenvalue weighted by atomic mass is 9.96. The van der Waals surface area contributed by atoms with Gasteiger partial charge in [0.1, 0.15) is 10.7 Å². The van der Waals surface area contributed by atoms with Gasteiger partial charge in [0, 0.05) is 13.0 Å². The molecule has 0 unspecified atom stereocenters. The molecule has 0 radical (unpaired) electrons. The van der Waals surface area contributed by atoms with Crippen LogP contribution < -0.4 is 5.56 Å². The van der Waals surface area contributed by atoms with E-state index >= 15 is 0 Å². The van der Waals surface area contributed by atoms with E-state index < -0.39 is 0 Å². The zero-order valence-corrected chi connectivity index (χ0v) is 13.9. The summed E-state index contributed by atoms with van der Waals surface area (Å²) in [6, 6.07) is 0. The highest BCUT2D eigenvalue weighted by atomic mass is 79.9. The lowest BCUT2D eigenvalue weighted by Crippen LogP contribution is -2.26. The van der Waals surface area contributed by atoms with Gasteiger partial charge < -0.3 is 0 Å². The van der Waals surface area contributed by atoms with Gasteiger partial charge >= 0.3 is 0 Å². The monoisotopic (exact) mass is 366 g/mol. The number of halogens is 1. The second-order valence-electron chi connectivity index (χ2n) is 5.76. The second-order valence-corrected chi connectivity index (χ2v) is 7.86. The molecule has 1 atom stereocenters. The summed E-state index contributed by atoms with van der Waals surface area (Å²) in [6.07, 6.45) is 5.69. The quantitative estimate of drug-likeness (QED) is 0.673. The van der Waals surface area contributed by atoms with Crippen LogP contribution in [0.3, 0.4) is 0 Å². The number of nitrogens with zero attached hydrogens (tertiary/aromatic N) is 2. The topological polar surface area (TPSA) is 52.0 Å². The summed E-state index contributed by atoms with van der Waals surface area (Å²) < 4.78 is 1.84. The minimum absolute atomic E-state index is 0.0650. The van der Waals surface area contributed by atoms with Crippen molar-refractivity contribution < 1.29 is 4.79 Å². The van der Waals surface area contributed by atoms with E-state index in [1.54, 1.807) is 0 Å². The molecule has 1 aliphatic heterocycles. The van der Waals surface area contributed by atoms with Crippen molar-refractivity contribution in [3.8, 4) is 0 Å². The third-order valence-corrected chi connectivity index (χ3v) is 6.44. The van der Waals surface area contributed by atoms with Crippen molar-refractivity contribution in [2.24, 2.45) is 0 Å². The summed E-state index contributed by atoms with van der Waals surface area (Å²) >= 11 is 4.83. The molecule has 0 aromatic carbocycles. The molecule has 4 rings (SSSR count). The Kier molecular flexibility index (Phi) is 3.26. The van der Waals surface area contributed by atoms with E-state index in [0.717, 1.165) is 66.2 Å². The number of aromatic nitrogens is 2. The van der Waals surface area contributed by atoms with Crippen LogP contribution in [0, 0.1) is 0 Å². The Morgan fingerprint density at radius 1 is 1.19 bits per heavy atom. The highest BCUT2D eigenvalue weighted by Crippen LogP contribution is 2.36. The SMILES string of the molecule is O=C1c2sc3nc4n(c(=O)c3c2CC[C@H]1Br)CCCCC4. The number of ketones is 1. The van der Waals surface area contributed by atoms with E-state index in [-0.39, 0.29) is 16.2 Å². The highest BCUT2D eigenvalue weighted by molar-refractivity contribution is 9.10. The maximum Gasteiger partial charge on any atom is 0.262 e. The fourth-order valence-corrected chi connectivity index (χ4v) is 5.15. The molecular formula is C15H15BrN2O2S. The molecule has 0 N–H and O–H groups in total. The molecule has 2 aromatic heterocycles. The van der Waals surface area contributed by atoms with Gasteiger partial charge in [0.2, 0.25) is 0 Å². The number of carbonyl (C=O) groups is 1. The standard InChI is InChI=1S/C15H15BrN2O2S/c16-9-6-5-8-11-14(21-13(8)12(9)19)17-10-4-2-1-3-7-18(10)15(11)20/h9H,1-7H2/t9-/m1/s1. The Balaban J connectivity index is 2.01. The average Bonchev–Trinajstić information content (AvgIpc) is 2.67. The van der Waals surface area contributed by atoms with E-state index in [4.69, 9.17) is 4.98 Å². The predicted molar refractivity (Wildman–Crippen MR) is 86.8 cm³/mol. The van der Waals surface area contributed by atoms with Gasteiger partial charge in [-0.05, 0) is 31.2 Å². The lowest BCUT2D eigenvalue weighted by Gasteiger charge is -2.15. The van der Waals surface area contributed by atoms with Gasteiger partial charge in [0.05, 0.1) is 15.1 Å². The van der Waals surface area contributed by atoms with Crippen LogP contribution in [0.2, 0.25) is 0 Å². The van der Waals surface area contributed by atoms with E-state index in [9.17, 15) is 9.59 Å². The van der Waals surface area contributed by atoms with Crippen molar-refractivity contribution in [3.63, 3.8) is 0 Å². The van der Waals surface area contributed by atoms with E-state index in [1.807, 2.05) is 4.57 Å². The molecule has 0 amide bonds. The van der Waals surface area contributed by atoms with Crippen LogP contribution in [-0.2, 0) is 19.4 Å². The Morgan fingerprint density at radius 3 is 2.90 bits per heavy atom. The van der Waals surface area contributed by atoms with Gasteiger partial charge in [-0.1, -0.05) is 22.4 Å². The molecule has 2 aromatic rings. The van der Waals surface area contributed by atoms with Crippen LogP contribution in [0.15, 0.2) is 4.79 Å². The van der Waals surface area contributed by atoms with Crippen LogP contribution in [0.25, 0.3) is 10.2 Å². The van der Waals surface area contributed by atoms with Crippen LogP contribution in [0.5, 0.6) is 0 Å². The molecule has 1 aliphatic carbocycles. The minimum atomic E-state index is -0.112. The molecule has 0 spiro atoms. The molecule has 4 nitrogen and oxygen atoms in total. The average molecular weight is 367 g/mol. The van der Waals surface area contributed by atoms with Gasteiger partial charge in [0.25, 0.3) is 5.56 Å². The number of hydrogen-bond donors (Lipinski definition) is 0. The van der Waals surface area contributed by atoms with Crippen molar-refractivity contribution >= 4 is 43.3 Å².